The summed E-state index contributed by atoms with van der Waals surface area (Å²) in [7, 11) is 1.46. The largest absolute Gasteiger partial charge is 0.495 e. The predicted molar refractivity (Wildman–Crippen MR) is 104 cm³/mol. The fraction of sp³-hybridized carbons (Fsp3) is 0.238. The number of carbonyl (C=O) groups excluding carboxylic acids is 4. The minimum atomic E-state index is -0.683. The number of ether oxygens (including phenoxy) is 2. The molecular formula is C21H18ClNO6. The van der Waals surface area contributed by atoms with E-state index in [-0.39, 0.29) is 35.9 Å². The Kier molecular flexibility index (Phi) is 6.29. The maximum Gasteiger partial charge on any atom is 0.308 e. The van der Waals surface area contributed by atoms with Crippen LogP contribution in [0.5, 0.6) is 5.75 Å². The smallest absolute Gasteiger partial charge is 0.308 e. The maximum absolute atomic E-state index is 12.5. The van der Waals surface area contributed by atoms with Crippen molar-refractivity contribution >= 4 is 35.2 Å². The normalized spacial score (nSPS) is 13.1. The van der Waals surface area contributed by atoms with Crippen LogP contribution in [0.1, 0.15) is 32.7 Å². The van der Waals surface area contributed by atoms with E-state index in [4.69, 9.17) is 21.1 Å². The lowest BCUT2D eigenvalue weighted by molar-refractivity contribution is -0.143. The zero-order chi connectivity index (χ0) is 21.0. The zero-order valence-electron chi connectivity index (χ0n) is 15.6. The second-order valence-corrected chi connectivity index (χ2v) is 6.77. The van der Waals surface area contributed by atoms with Gasteiger partial charge in [0.25, 0.3) is 5.91 Å². The number of hydrogen-bond donors (Lipinski definition) is 0. The van der Waals surface area contributed by atoms with E-state index in [1.807, 2.05) is 0 Å². The Labute approximate surface area is 172 Å². The molecule has 0 bridgehead atoms. The van der Waals surface area contributed by atoms with Gasteiger partial charge in [-0.1, -0.05) is 29.8 Å². The number of Topliss-reactive ketones (excluding diaryl/α,β-unsaturated/α-hetero) is 1. The van der Waals surface area contributed by atoms with Crippen LogP contribution in [0.4, 0.5) is 0 Å². The average Bonchev–Trinajstić information content (AvgIpc) is 2.71. The van der Waals surface area contributed by atoms with Crippen LogP contribution in [0.3, 0.4) is 0 Å². The van der Waals surface area contributed by atoms with Gasteiger partial charge in [-0.3, -0.25) is 24.1 Å². The van der Waals surface area contributed by atoms with Gasteiger partial charge in [0.15, 0.2) is 12.4 Å². The topological polar surface area (TPSA) is 90.0 Å². The highest BCUT2D eigenvalue weighted by atomic mass is 35.5. The molecule has 8 heteroatoms. The second kappa shape index (κ2) is 8.87. The number of ketones is 1. The summed E-state index contributed by atoms with van der Waals surface area (Å²) in [6.45, 7) is -0.570. The molecule has 29 heavy (non-hydrogen) atoms. The van der Waals surface area contributed by atoms with E-state index >= 15 is 0 Å². The van der Waals surface area contributed by atoms with Gasteiger partial charge < -0.3 is 9.47 Å². The highest BCUT2D eigenvalue weighted by molar-refractivity contribution is 6.32. The molecular weight excluding hydrogens is 398 g/mol. The van der Waals surface area contributed by atoms with Gasteiger partial charge in [0, 0.05) is 17.7 Å². The Morgan fingerprint density at radius 3 is 2.62 bits per heavy atom. The van der Waals surface area contributed by atoms with Crippen molar-refractivity contribution in [1.29, 1.82) is 0 Å². The number of halogens is 1. The first kappa shape index (κ1) is 20.5. The van der Waals surface area contributed by atoms with Gasteiger partial charge in [-0.05, 0) is 29.8 Å². The number of methoxy groups -OCH3 is 1. The quantitative estimate of drug-likeness (QED) is 0.392. The molecule has 0 saturated heterocycles. The molecule has 0 atom stereocenters. The number of carbonyl (C=O) groups is 4. The molecule has 150 valence electrons. The van der Waals surface area contributed by atoms with Gasteiger partial charge in [-0.2, -0.15) is 0 Å². The van der Waals surface area contributed by atoms with Crippen LogP contribution < -0.4 is 4.74 Å². The molecule has 3 rings (SSSR count). The molecule has 0 N–H and O–H groups in total. The third-order valence-electron chi connectivity index (χ3n) is 4.51. The number of fused-ring (bicyclic) bond motifs is 1. The summed E-state index contributed by atoms with van der Waals surface area (Å²) in [6, 6.07) is 11.3. The number of imide groups is 1. The Bertz CT molecular complexity index is 987. The van der Waals surface area contributed by atoms with E-state index in [0.717, 1.165) is 4.90 Å². The van der Waals surface area contributed by atoms with Gasteiger partial charge in [-0.25, -0.2) is 0 Å². The molecule has 7 nitrogen and oxygen atoms in total. The summed E-state index contributed by atoms with van der Waals surface area (Å²) < 4.78 is 9.99. The summed E-state index contributed by atoms with van der Waals surface area (Å²) in [5, 5.41) is 0.270. The number of rotatable bonds is 7. The fourth-order valence-corrected chi connectivity index (χ4v) is 3.23. The molecule has 0 fully saturated rings. The zero-order valence-corrected chi connectivity index (χ0v) is 16.4. The summed E-state index contributed by atoms with van der Waals surface area (Å²) in [6.07, 6.45) is -0.0933. The van der Waals surface area contributed by atoms with E-state index < -0.39 is 24.3 Å². The minimum Gasteiger partial charge on any atom is -0.495 e. The average molecular weight is 416 g/mol. The molecule has 0 aliphatic carbocycles. The number of benzene rings is 2. The maximum atomic E-state index is 12.5. The first-order valence-electron chi connectivity index (χ1n) is 8.85. The minimum absolute atomic E-state index is 0.104. The third kappa shape index (κ3) is 4.63. The van der Waals surface area contributed by atoms with Crippen molar-refractivity contribution in [1.82, 2.24) is 4.90 Å². The lowest BCUT2D eigenvalue weighted by Crippen LogP contribution is -2.43. The van der Waals surface area contributed by atoms with E-state index in [1.54, 1.807) is 30.3 Å². The standard InChI is InChI=1S/C21H18ClNO6/c1-28-18-7-6-14(10-16(18)22)17(24)12-29-20(26)8-9-23-19(25)11-13-4-2-3-5-15(13)21(23)27/h2-7,10H,8-9,11-12H2,1H3. The summed E-state index contributed by atoms with van der Waals surface area (Å²) >= 11 is 5.98. The SMILES string of the molecule is COc1ccc(C(=O)COC(=O)CCN2C(=O)Cc3ccccc3C2=O)cc1Cl. The predicted octanol–water partition coefficient (Wildman–Crippen LogP) is 2.69. The van der Waals surface area contributed by atoms with Crippen LogP contribution in [-0.2, 0) is 20.7 Å². The van der Waals surface area contributed by atoms with E-state index in [9.17, 15) is 19.2 Å². The number of esters is 1. The van der Waals surface area contributed by atoms with Gasteiger partial charge in [0.2, 0.25) is 5.91 Å². The van der Waals surface area contributed by atoms with E-state index in [2.05, 4.69) is 0 Å². The molecule has 0 unspecified atom stereocenters. The lowest BCUT2D eigenvalue weighted by atomic mass is 9.98. The first-order valence-corrected chi connectivity index (χ1v) is 9.23. The number of amides is 2. The summed E-state index contributed by atoms with van der Waals surface area (Å²) in [5.41, 5.74) is 1.40. The van der Waals surface area contributed by atoms with Crippen LogP contribution in [0.2, 0.25) is 5.02 Å². The molecule has 1 aliphatic rings. The molecule has 2 amide bonds. The molecule has 1 heterocycles. The van der Waals surface area contributed by atoms with Crippen LogP contribution in [0.25, 0.3) is 0 Å². The Morgan fingerprint density at radius 1 is 1.14 bits per heavy atom. The molecule has 0 radical (unpaired) electrons. The molecule has 0 saturated carbocycles. The fourth-order valence-electron chi connectivity index (χ4n) is 2.97. The van der Waals surface area contributed by atoms with Gasteiger partial charge in [0.1, 0.15) is 5.75 Å². The Morgan fingerprint density at radius 2 is 1.90 bits per heavy atom. The van der Waals surface area contributed by atoms with Crippen molar-refractivity contribution in [3.8, 4) is 5.75 Å². The molecule has 2 aromatic carbocycles. The highest BCUT2D eigenvalue weighted by Crippen LogP contribution is 2.25. The lowest BCUT2D eigenvalue weighted by Gasteiger charge is -2.26. The summed E-state index contributed by atoms with van der Waals surface area (Å²) in [5.74, 6) is -1.49. The van der Waals surface area contributed by atoms with E-state index in [1.165, 1.54) is 19.2 Å². The van der Waals surface area contributed by atoms with Crippen molar-refractivity contribution in [2.45, 2.75) is 12.8 Å². The number of nitrogens with zero attached hydrogens (tertiary/aromatic N) is 1. The first-order chi connectivity index (χ1) is 13.9. The van der Waals surface area contributed by atoms with Gasteiger partial charge in [-0.15, -0.1) is 0 Å². The van der Waals surface area contributed by atoms with Crippen LogP contribution in [0.15, 0.2) is 42.5 Å². The van der Waals surface area contributed by atoms with Crippen molar-refractivity contribution in [3.63, 3.8) is 0 Å². The van der Waals surface area contributed by atoms with Crippen molar-refractivity contribution in [3.05, 3.63) is 64.2 Å². The van der Waals surface area contributed by atoms with Crippen molar-refractivity contribution in [2.75, 3.05) is 20.3 Å². The van der Waals surface area contributed by atoms with Crippen LogP contribution >= 0.6 is 11.6 Å². The van der Waals surface area contributed by atoms with Crippen molar-refractivity contribution < 1.29 is 28.7 Å². The monoisotopic (exact) mass is 415 g/mol. The molecule has 0 aromatic heterocycles. The molecule has 1 aliphatic heterocycles. The highest BCUT2D eigenvalue weighted by Gasteiger charge is 2.30. The van der Waals surface area contributed by atoms with Gasteiger partial charge >= 0.3 is 5.97 Å². The van der Waals surface area contributed by atoms with Crippen LogP contribution in [0, 0.1) is 0 Å². The third-order valence-corrected chi connectivity index (χ3v) is 4.81. The summed E-state index contributed by atoms with van der Waals surface area (Å²) in [4.78, 5) is 49.8. The Balaban J connectivity index is 1.52. The second-order valence-electron chi connectivity index (χ2n) is 6.37. The van der Waals surface area contributed by atoms with Crippen LogP contribution in [-0.4, -0.2) is 48.7 Å². The number of hydrogen-bond acceptors (Lipinski definition) is 6. The Hall–Kier alpha value is -3.19. The van der Waals surface area contributed by atoms with Gasteiger partial charge in [0.05, 0.1) is 25.0 Å². The molecule has 2 aromatic rings. The van der Waals surface area contributed by atoms with E-state index in [0.29, 0.717) is 16.9 Å². The molecule has 0 spiro atoms. The van der Waals surface area contributed by atoms with Crippen molar-refractivity contribution in [2.24, 2.45) is 0 Å².